The van der Waals surface area contributed by atoms with Crippen molar-refractivity contribution in [2.75, 3.05) is 14.1 Å². The fourth-order valence-corrected chi connectivity index (χ4v) is 0.408. The largest absolute Gasteiger partial charge is 0.351 e. The van der Waals surface area contributed by atoms with Crippen LogP contribution in [0.15, 0.2) is 0 Å². The molecule has 0 aliphatic rings. The number of unbranched alkanes of at least 4 members (excludes halogenated alkanes) is 3. The minimum Gasteiger partial charge on any atom is -0.351 e. The van der Waals surface area contributed by atoms with Crippen LogP contribution in [0.3, 0.4) is 0 Å². The highest BCUT2D eigenvalue weighted by molar-refractivity contribution is 5.45. The van der Waals surface area contributed by atoms with Gasteiger partial charge in [0, 0.05) is 26.9 Å². The average molecular weight is 181 g/mol. The maximum atomic E-state index is 9.43. The molecule has 0 heterocycles. The van der Waals surface area contributed by atoms with E-state index < -0.39 is 0 Å². The van der Waals surface area contributed by atoms with Crippen molar-refractivity contribution in [1.29, 1.82) is 10.5 Å². The molecule has 0 aliphatic carbocycles. The molecule has 0 aliphatic heterocycles. The fraction of sp³-hybridized carbons (Fsp3) is 0.667. The molecule has 4 heteroatoms. The summed E-state index contributed by atoms with van der Waals surface area (Å²) < 4.78 is 0. The maximum absolute atomic E-state index is 9.43. The predicted octanol–water partition coefficient (Wildman–Crippen LogP) is 1.30. The second-order valence-corrected chi connectivity index (χ2v) is 2.59. The Morgan fingerprint density at radius 1 is 1.15 bits per heavy atom. The van der Waals surface area contributed by atoms with Gasteiger partial charge in [0.1, 0.15) is 0 Å². The Labute approximate surface area is 79.4 Å². The van der Waals surface area contributed by atoms with E-state index in [-0.39, 0.29) is 0 Å². The van der Waals surface area contributed by atoms with E-state index >= 15 is 0 Å². The second kappa shape index (κ2) is 13.1. The number of nitriles is 2. The van der Waals surface area contributed by atoms with Gasteiger partial charge in [-0.1, -0.05) is 0 Å². The molecule has 4 nitrogen and oxygen atoms in total. The molecule has 0 bridgehead atoms. The van der Waals surface area contributed by atoms with Gasteiger partial charge in [-0.15, -0.1) is 0 Å². The molecule has 0 rings (SSSR count). The van der Waals surface area contributed by atoms with Crippen LogP contribution in [-0.4, -0.2) is 25.4 Å². The van der Waals surface area contributed by atoms with Crippen molar-refractivity contribution in [1.82, 2.24) is 4.90 Å². The third-order valence-electron chi connectivity index (χ3n) is 1.04. The molecule has 1 amide bonds. The summed E-state index contributed by atoms with van der Waals surface area (Å²) in [5.74, 6) is 0. The molecular formula is C9H15N3O. The van der Waals surface area contributed by atoms with Gasteiger partial charge in [0.05, 0.1) is 12.1 Å². The maximum Gasteiger partial charge on any atom is 0.209 e. The minimum atomic E-state index is 0.585. The third kappa shape index (κ3) is 25.1. The Kier molecular flexibility index (Phi) is 14.1. The molecular weight excluding hydrogens is 166 g/mol. The lowest BCUT2D eigenvalue weighted by atomic mass is 10.2. The van der Waals surface area contributed by atoms with E-state index in [1.807, 2.05) is 12.1 Å². The van der Waals surface area contributed by atoms with Crippen LogP contribution in [0, 0.1) is 22.7 Å². The topological polar surface area (TPSA) is 67.9 Å². The van der Waals surface area contributed by atoms with Crippen LogP contribution in [0.2, 0.25) is 0 Å². The van der Waals surface area contributed by atoms with E-state index in [4.69, 9.17) is 10.5 Å². The highest BCUT2D eigenvalue weighted by Gasteiger charge is 1.83. The highest BCUT2D eigenvalue weighted by Crippen LogP contribution is 1.95. The first-order valence-electron chi connectivity index (χ1n) is 4.04. The van der Waals surface area contributed by atoms with Crippen LogP contribution in [0.1, 0.15) is 25.7 Å². The summed E-state index contributed by atoms with van der Waals surface area (Å²) in [6, 6.07) is 4.03. The zero-order valence-corrected chi connectivity index (χ0v) is 8.16. The van der Waals surface area contributed by atoms with Crippen molar-refractivity contribution < 1.29 is 4.79 Å². The second-order valence-electron chi connectivity index (χ2n) is 2.59. The third-order valence-corrected chi connectivity index (χ3v) is 1.04. The van der Waals surface area contributed by atoms with E-state index in [0.717, 1.165) is 19.3 Å². The first-order chi connectivity index (χ1) is 6.18. The summed E-state index contributed by atoms with van der Waals surface area (Å²) in [6.07, 6.45) is 3.65. The summed E-state index contributed by atoms with van der Waals surface area (Å²) >= 11 is 0. The van der Waals surface area contributed by atoms with Crippen LogP contribution < -0.4 is 0 Å². The zero-order valence-electron chi connectivity index (χ0n) is 8.16. The summed E-state index contributed by atoms with van der Waals surface area (Å²) in [6.45, 7) is 0. The first-order valence-corrected chi connectivity index (χ1v) is 4.04. The fourth-order valence-electron chi connectivity index (χ4n) is 0.408. The number of nitrogens with zero attached hydrogens (tertiary/aromatic N) is 3. The molecule has 0 aromatic rings. The molecule has 0 fully saturated rings. The number of rotatable bonds is 4. The van der Waals surface area contributed by atoms with Gasteiger partial charge in [0.2, 0.25) is 6.41 Å². The van der Waals surface area contributed by atoms with Crippen LogP contribution in [-0.2, 0) is 4.79 Å². The Bertz CT molecular complexity index is 172. The van der Waals surface area contributed by atoms with E-state index in [2.05, 4.69) is 0 Å². The van der Waals surface area contributed by atoms with Crippen LogP contribution in [0.5, 0.6) is 0 Å². The normalized spacial score (nSPS) is 7.08. The van der Waals surface area contributed by atoms with E-state index in [0.29, 0.717) is 12.8 Å². The van der Waals surface area contributed by atoms with Gasteiger partial charge in [-0.05, 0) is 12.8 Å². The molecule has 0 radical (unpaired) electrons. The molecule has 0 saturated heterocycles. The molecule has 72 valence electrons. The summed E-state index contributed by atoms with van der Waals surface area (Å²) in [7, 11) is 3.38. The van der Waals surface area contributed by atoms with Crippen LogP contribution >= 0.6 is 0 Å². The lowest BCUT2D eigenvalue weighted by Crippen LogP contribution is -2.06. The van der Waals surface area contributed by atoms with Gasteiger partial charge in [-0.25, -0.2) is 0 Å². The number of carbonyl (C=O) groups is 1. The number of hydrogen-bond donors (Lipinski definition) is 0. The molecule has 13 heavy (non-hydrogen) atoms. The quantitative estimate of drug-likeness (QED) is 0.485. The predicted molar refractivity (Wildman–Crippen MR) is 49.4 cm³/mol. The number of carbonyl (C=O) groups excluding carboxylic acids is 1. The smallest absolute Gasteiger partial charge is 0.209 e. The molecule has 0 aromatic carbocycles. The first kappa shape index (κ1) is 14.0. The van der Waals surface area contributed by atoms with Crippen molar-refractivity contribution in [3.8, 4) is 12.1 Å². The Balaban J connectivity index is 0. The van der Waals surface area contributed by atoms with Gasteiger partial charge < -0.3 is 4.90 Å². The Morgan fingerprint density at radius 3 is 1.62 bits per heavy atom. The van der Waals surface area contributed by atoms with Crippen LogP contribution in [0.25, 0.3) is 0 Å². The molecule has 0 spiro atoms. The van der Waals surface area contributed by atoms with E-state index in [1.54, 1.807) is 14.1 Å². The van der Waals surface area contributed by atoms with E-state index in [9.17, 15) is 4.79 Å². The summed E-state index contributed by atoms with van der Waals surface area (Å²) in [5.41, 5.74) is 0. The summed E-state index contributed by atoms with van der Waals surface area (Å²) in [4.78, 5) is 10.9. The van der Waals surface area contributed by atoms with Crippen molar-refractivity contribution in [3.05, 3.63) is 0 Å². The van der Waals surface area contributed by atoms with Gasteiger partial charge in [0.15, 0.2) is 0 Å². The van der Waals surface area contributed by atoms with Crippen molar-refractivity contribution in [3.63, 3.8) is 0 Å². The minimum absolute atomic E-state index is 0.585. The van der Waals surface area contributed by atoms with Gasteiger partial charge in [-0.2, -0.15) is 10.5 Å². The van der Waals surface area contributed by atoms with Crippen molar-refractivity contribution >= 4 is 6.41 Å². The lowest BCUT2D eigenvalue weighted by molar-refractivity contribution is -0.115. The average Bonchev–Trinajstić information content (AvgIpc) is 2.14. The van der Waals surface area contributed by atoms with E-state index in [1.165, 1.54) is 4.90 Å². The monoisotopic (exact) mass is 181 g/mol. The molecule has 0 aromatic heterocycles. The molecule has 0 N–H and O–H groups in total. The van der Waals surface area contributed by atoms with Crippen molar-refractivity contribution in [2.45, 2.75) is 25.7 Å². The zero-order chi connectivity index (χ0) is 10.5. The molecule has 0 saturated carbocycles. The molecule has 0 unspecified atom stereocenters. The summed E-state index contributed by atoms with van der Waals surface area (Å²) in [5, 5.41) is 16.1. The Morgan fingerprint density at radius 2 is 1.46 bits per heavy atom. The SMILES string of the molecule is CN(C)C=O.N#CCCCCC#N. The van der Waals surface area contributed by atoms with Crippen LogP contribution in [0.4, 0.5) is 0 Å². The standard InChI is InChI=1S/C6H8N2.C3H7NO/c7-5-3-1-2-4-6-8;1-4(2)3-5/h1-4H2;3H,1-2H3. The van der Waals surface area contributed by atoms with Gasteiger partial charge >= 0.3 is 0 Å². The number of hydrogen-bond acceptors (Lipinski definition) is 3. The number of amides is 1. The van der Waals surface area contributed by atoms with Gasteiger partial charge in [0.25, 0.3) is 0 Å². The van der Waals surface area contributed by atoms with Crippen molar-refractivity contribution in [2.24, 2.45) is 0 Å². The van der Waals surface area contributed by atoms with Gasteiger partial charge in [-0.3, -0.25) is 4.79 Å². The molecule has 0 atom stereocenters. The lowest BCUT2D eigenvalue weighted by Gasteiger charge is -1.93. The highest BCUT2D eigenvalue weighted by atomic mass is 16.1. The Hall–Kier alpha value is -1.55.